The number of nitrogens with one attached hydrogen (secondary N) is 1. The molecular formula is C15H27ClN2O. The van der Waals surface area contributed by atoms with Gasteiger partial charge in [0, 0.05) is 12.6 Å². The molecule has 0 bridgehead atoms. The van der Waals surface area contributed by atoms with E-state index in [0.717, 1.165) is 31.7 Å². The number of ether oxygens (including phenoxy) is 1. The highest BCUT2D eigenvalue weighted by molar-refractivity contribution is 5.85. The first kappa shape index (κ1) is 18.2. The molecule has 0 unspecified atom stereocenters. The van der Waals surface area contributed by atoms with E-state index in [9.17, 15) is 0 Å². The van der Waals surface area contributed by atoms with Crippen LogP contribution in [0.25, 0.3) is 0 Å². The Labute approximate surface area is 123 Å². The quantitative estimate of drug-likeness (QED) is 0.686. The summed E-state index contributed by atoms with van der Waals surface area (Å²) in [4.78, 5) is 0. The third-order valence-electron chi connectivity index (χ3n) is 3.16. The minimum atomic E-state index is 0. The van der Waals surface area contributed by atoms with E-state index in [2.05, 4.69) is 24.4 Å². The zero-order valence-corrected chi connectivity index (χ0v) is 12.8. The molecule has 4 heteroatoms. The third kappa shape index (κ3) is 7.41. The van der Waals surface area contributed by atoms with Crippen LogP contribution in [0, 0.1) is 0 Å². The summed E-state index contributed by atoms with van der Waals surface area (Å²) >= 11 is 0. The molecule has 1 rings (SSSR count). The van der Waals surface area contributed by atoms with Crippen LogP contribution in [0.4, 0.5) is 0 Å². The van der Waals surface area contributed by atoms with Gasteiger partial charge in [0.2, 0.25) is 0 Å². The average molecular weight is 287 g/mol. The maximum Gasteiger partial charge on any atom is 0.118 e. The minimum absolute atomic E-state index is 0. The largest absolute Gasteiger partial charge is 0.497 e. The van der Waals surface area contributed by atoms with Crippen LogP contribution in [0.2, 0.25) is 0 Å². The molecule has 0 fully saturated rings. The van der Waals surface area contributed by atoms with Crippen LogP contribution in [0.3, 0.4) is 0 Å². The first-order chi connectivity index (χ1) is 8.80. The number of hydrogen-bond acceptors (Lipinski definition) is 3. The molecule has 0 saturated carbocycles. The highest BCUT2D eigenvalue weighted by Crippen LogP contribution is 2.12. The molecule has 110 valence electrons. The van der Waals surface area contributed by atoms with Crippen molar-refractivity contribution in [1.29, 1.82) is 0 Å². The van der Waals surface area contributed by atoms with Crippen LogP contribution in [-0.2, 0) is 6.42 Å². The molecule has 1 aromatic rings. The highest BCUT2D eigenvalue weighted by atomic mass is 35.5. The van der Waals surface area contributed by atoms with Crippen molar-refractivity contribution in [2.45, 2.75) is 38.6 Å². The van der Waals surface area contributed by atoms with E-state index >= 15 is 0 Å². The second-order valence-corrected chi connectivity index (χ2v) is 4.63. The normalized spacial score (nSPS) is 11.7. The molecular weight excluding hydrogens is 260 g/mol. The Morgan fingerprint density at radius 2 is 1.95 bits per heavy atom. The van der Waals surface area contributed by atoms with Crippen molar-refractivity contribution in [3.05, 3.63) is 29.8 Å². The summed E-state index contributed by atoms with van der Waals surface area (Å²) in [6.45, 7) is 3.96. The van der Waals surface area contributed by atoms with Crippen LogP contribution in [-0.4, -0.2) is 26.2 Å². The minimum Gasteiger partial charge on any atom is -0.497 e. The predicted octanol–water partition coefficient (Wildman–Crippen LogP) is 2.77. The van der Waals surface area contributed by atoms with Gasteiger partial charge in [-0.1, -0.05) is 25.5 Å². The standard InChI is InChI=1S/C15H26N2O.ClH/c1-3-5-14(12-16)17-11-4-6-13-7-9-15(18-2)10-8-13;/h7-10,14,17H,3-6,11-12,16H2,1-2H3;1H/t14-;/m1./s1. The van der Waals surface area contributed by atoms with Gasteiger partial charge in [0.15, 0.2) is 0 Å². The topological polar surface area (TPSA) is 47.3 Å². The Hall–Kier alpha value is -0.770. The lowest BCUT2D eigenvalue weighted by atomic mass is 10.1. The van der Waals surface area contributed by atoms with E-state index < -0.39 is 0 Å². The van der Waals surface area contributed by atoms with Crippen LogP contribution >= 0.6 is 12.4 Å². The molecule has 1 atom stereocenters. The monoisotopic (exact) mass is 286 g/mol. The summed E-state index contributed by atoms with van der Waals surface area (Å²) < 4.78 is 5.14. The fourth-order valence-electron chi connectivity index (χ4n) is 2.04. The molecule has 0 aliphatic carbocycles. The molecule has 3 N–H and O–H groups in total. The van der Waals surface area contributed by atoms with Gasteiger partial charge in [0.1, 0.15) is 5.75 Å². The lowest BCUT2D eigenvalue weighted by Gasteiger charge is -2.15. The van der Waals surface area contributed by atoms with E-state index in [1.54, 1.807) is 7.11 Å². The molecule has 0 heterocycles. The second kappa shape index (κ2) is 11.1. The number of hydrogen-bond donors (Lipinski definition) is 2. The predicted molar refractivity (Wildman–Crippen MR) is 84.3 cm³/mol. The summed E-state index contributed by atoms with van der Waals surface area (Å²) in [6.07, 6.45) is 4.60. The zero-order valence-electron chi connectivity index (χ0n) is 12.0. The molecule has 0 spiro atoms. The van der Waals surface area contributed by atoms with Crippen molar-refractivity contribution in [2.24, 2.45) is 5.73 Å². The van der Waals surface area contributed by atoms with Crippen molar-refractivity contribution >= 4 is 12.4 Å². The molecule has 0 saturated heterocycles. The van der Waals surface area contributed by atoms with E-state index in [4.69, 9.17) is 10.5 Å². The molecule has 0 aromatic heterocycles. The van der Waals surface area contributed by atoms with Crippen LogP contribution in [0.5, 0.6) is 5.75 Å². The maximum atomic E-state index is 5.71. The molecule has 3 nitrogen and oxygen atoms in total. The van der Waals surface area contributed by atoms with Gasteiger partial charge in [-0.3, -0.25) is 0 Å². The Balaban J connectivity index is 0.00000324. The van der Waals surface area contributed by atoms with Gasteiger partial charge in [-0.05, 0) is 43.5 Å². The third-order valence-corrected chi connectivity index (χ3v) is 3.16. The van der Waals surface area contributed by atoms with E-state index in [1.807, 2.05) is 12.1 Å². The van der Waals surface area contributed by atoms with Gasteiger partial charge in [0.05, 0.1) is 7.11 Å². The average Bonchev–Trinajstić information content (AvgIpc) is 2.43. The molecule has 0 aliphatic rings. The van der Waals surface area contributed by atoms with E-state index in [1.165, 1.54) is 18.4 Å². The zero-order chi connectivity index (χ0) is 13.2. The lowest BCUT2D eigenvalue weighted by molar-refractivity contribution is 0.414. The van der Waals surface area contributed by atoms with Crippen molar-refractivity contribution in [2.75, 3.05) is 20.2 Å². The van der Waals surface area contributed by atoms with Crippen molar-refractivity contribution in [3.8, 4) is 5.75 Å². The van der Waals surface area contributed by atoms with E-state index in [0.29, 0.717) is 6.04 Å². The van der Waals surface area contributed by atoms with Crippen LogP contribution in [0.15, 0.2) is 24.3 Å². The molecule has 19 heavy (non-hydrogen) atoms. The van der Waals surface area contributed by atoms with Gasteiger partial charge in [0.25, 0.3) is 0 Å². The summed E-state index contributed by atoms with van der Waals surface area (Å²) in [5, 5.41) is 3.51. The van der Waals surface area contributed by atoms with Gasteiger partial charge < -0.3 is 15.8 Å². The highest BCUT2D eigenvalue weighted by Gasteiger charge is 2.03. The van der Waals surface area contributed by atoms with Gasteiger partial charge >= 0.3 is 0 Å². The smallest absolute Gasteiger partial charge is 0.118 e. The number of aryl methyl sites for hydroxylation is 1. The number of methoxy groups -OCH3 is 1. The number of benzene rings is 1. The first-order valence-corrected chi connectivity index (χ1v) is 6.86. The Morgan fingerprint density at radius 3 is 2.47 bits per heavy atom. The fourth-order valence-corrected chi connectivity index (χ4v) is 2.04. The first-order valence-electron chi connectivity index (χ1n) is 6.86. The van der Waals surface area contributed by atoms with Gasteiger partial charge in [-0.2, -0.15) is 0 Å². The van der Waals surface area contributed by atoms with Crippen molar-refractivity contribution < 1.29 is 4.74 Å². The fraction of sp³-hybridized carbons (Fsp3) is 0.600. The molecule has 1 aromatic carbocycles. The lowest BCUT2D eigenvalue weighted by Crippen LogP contribution is -2.36. The number of nitrogens with two attached hydrogens (primary N) is 1. The number of rotatable bonds is 9. The SMILES string of the molecule is CCC[C@H](CN)NCCCc1ccc(OC)cc1.Cl. The summed E-state index contributed by atoms with van der Waals surface area (Å²) in [5.41, 5.74) is 7.07. The summed E-state index contributed by atoms with van der Waals surface area (Å²) in [5.74, 6) is 0.919. The summed E-state index contributed by atoms with van der Waals surface area (Å²) in [7, 11) is 1.69. The molecule has 0 radical (unpaired) electrons. The Bertz CT molecular complexity index is 316. The maximum absolute atomic E-state index is 5.71. The van der Waals surface area contributed by atoms with Crippen molar-refractivity contribution in [1.82, 2.24) is 5.32 Å². The van der Waals surface area contributed by atoms with Gasteiger partial charge in [-0.15, -0.1) is 12.4 Å². The number of halogens is 1. The molecule has 0 amide bonds. The molecule has 0 aliphatic heterocycles. The Morgan fingerprint density at radius 1 is 1.26 bits per heavy atom. The Kier molecular flexibility index (Phi) is 10.6. The second-order valence-electron chi connectivity index (χ2n) is 4.63. The van der Waals surface area contributed by atoms with Crippen LogP contribution in [0.1, 0.15) is 31.7 Å². The van der Waals surface area contributed by atoms with E-state index in [-0.39, 0.29) is 12.4 Å². The van der Waals surface area contributed by atoms with Crippen LogP contribution < -0.4 is 15.8 Å². The summed E-state index contributed by atoms with van der Waals surface area (Å²) in [6, 6.07) is 8.77. The van der Waals surface area contributed by atoms with Crippen molar-refractivity contribution in [3.63, 3.8) is 0 Å². The van der Waals surface area contributed by atoms with Gasteiger partial charge in [-0.25, -0.2) is 0 Å².